The molecule has 1 rings (SSSR count). The van der Waals surface area contributed by atoms with E-state index in [1.807, 2.05) is 0 Å². The van der Waals surface area contributed by atoms with Gasteiger partial charge in [-0.1, -0.05) is 0 Å². The van der Waals surface area contributed by atoms with Crippen molar-refractivity contribution in [2.45, 2.75) is 51.7 Å². The molecule has 5 nitrogen and oxygen atoms in total. The molecule has 1 aliphatic rings. The van der Waals surface area contributed by atoms with E-state index in [1.165, 1.54) is 4.90 Å². The van der Waals surface area contributed by atoms with E-state index in [1.54, 1.807) is 20.8 Å². The fourth-order valence-electron chi connectivity index (χ4n) is 1.96. The van der Waals surface area contributed by atoms with Crippen LogP contribution < -0.4 is 0 Å². The molecule has 0 aliphatic carbocycles. The normalized spacial score (nSPS) is 21.8. The van der Waals surface area contributed by atoms with E-state index in [2.05, 4.69) is 0 Å². The fourth-order valence-corrected chi connectivity index (χ4v) is 3.21. The maximum absolute atomic E-state index is 12.0. The Bertz CT molecular complexity index is 402. The highest BCUT2D eigenvalue weighted by Crippen LogP contribution is 2.22. The average molecular weight is 298 g/mol. The molecule has 7 heteroatoms. The summed E-state index contributed by atoms with van der Waals surface area (Å²) >= 11 is 0. The van der Waals surface area contributed by atoms with Crippen molar-refractivity contribution in [1.29, 1.82) is 0 Å². The van der Waals surface area contributed by atoms with Gasteiger partial charge in [-0.05, 0) is 40.0 Å². The molecule has 106 valence electrons. The number of hydrogen-bond donors (Lipinski definition) is 0. The number of hydrogen-bond acceptors (Lipinski definition) is 4. The van der Waals surface area contributed by atoms with Crippen LogP contribution in [0.3, 0.4) is 0 Å². The van der Waals surface area contributed by atoms with Crippen molar-refractivity contribution in [3.8, 4) is 0 Å². The van der Waals surface area contributed by atoms with E-state index in [0.29, 0.717) is 13.0 Å². The average Bonchev–Trinajstić information content (AvgIpc) is 2.12. The van der Waals surface area contributed by atoms with Crippen molar-refractivity contribution in [3.05, 3.63) is 0 Å². The quantitative estimate of drug-likeness (QED) is 0.734. The van der Waals surface area contributed by atoms with Gasteiger partial charge in [0.25, 0.3) is 0 Å². The number of amides is 1. The fraction of sp³-hybridized carbons (Fsp3) is 0.909. The monoisotopic (exact) mass is 297 g/mol. The van der Waals surface area contributed by atoms with Crippen LogP contribution in [0.5, 0.6) is 0 Å². The Labute approximate surface area is 113 Å². The third-order valence-electron chi connectivity index (χ3n) is 2.65. The van der Waals surface area contributed by atoms with Gasteiger partial charge in [-0.15, -0.1) is 0 Å². The summed E-state index contributed by atoms with van der Waals surface area (Å²) < 4.78 is 27.6. The lowest BCUT2D eigenvalue weighted by Gasteiger charge is -2.36. The van der Waals surface area contributed by atoms with Gasteiger partial charge in [0.15, 0.2) is 0 Å². The Balaban J connectivity index is 2.73. The molecule has 0 spiro atoms. The van der Waals surface area contributed by atoms with E-state index < -0.39 is 20.7 Å². The Kier molecular flexibility index (Phi) is 4.89. The minimum atomic E-state index is -3.61. The largest absolute Gasteiger partial charge is 0.444 e. The Hall–Kier alpha value is -0.490. The van der Waals surface area contributed by atoms with Crippen molar-refractivity contribution < 1.29 is 17.9 Å². The van der Waals surface area contributed by atoms with Crippen LogP contribution in [0.15, 0.2) is 0 Å². The molecule has 0 saturated carbocycles. The molecular formula is C11H20ClNO4S. The molecule has 0 aromatic heterocycles. The Morgan fingerprint density at radius 1 is 1.39 bits per heavy atom. The summed E-state index contributed by atoms with van der Waals surface area (Å²) in [5, 5.41) is 0. The third-order valence-corrected chi connectivity index (χ3v) is 3.81. The van der Waals surface area contributed by atoms with Gasteiger partial charge < -0.3 is 9.64 Å². The lowest BCUT2D eigenvalue weighted by Crippen LogP contribution is -2.48. The van der Waals surface area contributed by atoms with E-state index in [9.17, 15) is 13.2 Å². The summed E-state index contributed by atoms with van der Waals surface area (Å²) in [5.74, 6) is -0.214. The molecule has 1 unspecified atom stereocenters. The van der Waals surface area contributed by atoms with Gasteiger partial charge in [-0.3, -0.25) is 0 Å². The highest BCUT2D eigenvalue weighted by Gasteiger charge is 2.32. The molecule has 0 aromatic rings. The van der Waals surface area contributed by atoms with Crippen molar-refractivity contribution >= 4 is 25.8 Å². The second-order valence-corrected chi connectivity index (χ2v) is 8.35. The predicted molar refractivity (Wildman–Crippen MR) is 70.2 cm³/mol. The zero-order chi connectivity index (χ0) is 14.0. The summed E-state index contributed by atoms with van der Waals surface area (Å²) in [6.45, 7) is 5.86. The van der Waals surface area contributed by atoms with E-state index in [0.717, 1.165) is 12.8 Å². The first-order chi connectivity index (χ1) is 8.08. The molecule has 0 aromatic carbocycles. The van der Waals surface area contributed by atoms with E-state index in [-0.39, 0.29) is 11.8 Å². The molecule has 1 amide bonds. The van der Waals surface area contributed by atoms with Gasteiger partial charge >= 0.3 is 6.09 Å². The first-order valence-corrected chi connectivity index (χ1v) is 8.48. The van der Waals surface area contributed by atoms with Gasteiger partial charge in [0.05, 0.1) is 11.8 Å². The summed E-state index contributed by atoms with van der Waals surface area (Å²) in [6.07, 6.45) is 1.94. The van der Waals surface area contributed by atoms with Crippen LogP contribution in [0.2, 0.25) is 0 Å². The maximum atomic E-state index is 12.0. The van der Waals surface area contributed by atoms with E-state index >= 15 is 0 Å². The highest BCUT2D eigenvalue weighted by atomic mass is 35.7. The highest BCUT2D eigenvalue weighted by molar-refractivity contribution is 8.13. The molecule has 18 heavy (non-hydrogen) atoms. The van der Waals surface area contributed by atoms with Gasteiger partial charge in [-0.2, -0.15) is 0 Å². The molecule has 0 bridgehead atoms. The van der Waals surface area contributed by atoms with Gasteiger partial charge in [0.2, 0.25) is 9.05 Å². The van der Waals surface area contributed by atoms with Crippen LogP contribution >= 0.6 is 10.7 Å². The number of rotatable bonds is 2. The summed E-state index contributed by atoms with van der Waals surface area (Å²) in [5.41, 5.74) is -0.584. The van der Waals surface area contributed by atoms with Crippen molar-refractivity contribution in [1.82, 2.24) is 4.90 Å². The number of carbonyl (C=O) groups is 1. The zero-order valence-electron chi connectivity index (χ0n) is 11.0. The number of likely N-dealkylation sites (tertiary alicyclic amines) is 1. The van der Waals surface area contributed by atoms with Crippen LogP contribution in [0, 0.1) is 0 Å². The summed E-state index contributed by atoms with van der Waals surface area (Å²) in [6, 6.07) is -0.379. The second-order valence-electron chi connectivity index (χ2n) is 5.53. The molecular weight excluding hydrogens is 278 g/mol. The van der Waals surface area contributed by atoms with Crippen molar-refractivity contribution in [3.63, 3.8) is 0 Å². The van der Waals surface area contributed by atoms with Crippen LogP contribution in [-0.4, -0.2) is 43.4 Å². The number of carbonyl (C=O) groups excluding carboxylic acids is 1. The lowest BCUT2D eigenvalue weighted by atomic mass is 10.0. The SMILES string of the molecule is CC(C)(C)OC(=O)N1CCCCC1CS(=O)(=O)Cl. The molecule has 1 aliphatic heterocycles. The number of piperidine rings is 1. The van der Waals surface area contributed by atoms with Gasteiger partial charge in [-0.25, -0.2) is 13.2 Å². The smallest absolute Gasteiger partial charge is 0.410 e. The summed E-state index contributed by atoms with van der Waals surface area (Å²) in [4.78, 5) is 13.5. The van der Waals surface area contributed by atoms with Gasteiger partial charge in [0, 0.05) is 17.2 Å². The predicted octanol–water partition coefficient (Wildman–Crippen LogP) is 2.34. The van der Waals surface area contributed by atoms with E-state index in [4.69, 9.17) is 15.4 Å². The van der Waals surface area contributed by atoms with Crippen LogP contribution in [0.1, 0.15) is 40.0 Å². The molecule has 1 atom stereocenters. The molecule has 1 heterocycles. The van der Waals surface area contributed by atoms with Crippen molar-refractivity contribution in [2.75, 3.05) is 12.3 Å². The van der Waals surface area contributed by atoms with Crippen LogP contribution in [-0.2, 0) is 13.8 Å². The molecule has 1 saturated heterocycles. The van der Waals surface area contributed by atoms with Gasteiger partial charge in [0.1, 0.15) is 5.60 Å². The topological polar surface area (TPSA) is 63.7 Å². The minimum Gasteiger partial charge on any atom is -0.444 e. The molecule has 0 N–H and O–H groups in total. The van der Waals surface area contributed by atoms with Crippen LogP contribution in [0.4, 0.5) is 4.79 Å². The minimum absolute atomic E-state index is 0.214. The number of nitrogens with zero attached hydrogens (tertiary/aromatic N) is 1. The lowest BCUT2D eigenvalue weighted by molar-refractivity contribution is 0.0125. The second kappa shape index (κ2) is 5.65. The Morgan fingerprint density at radius 2 is 2.00 bits per heavy atom. The Morgan fingerprint density at radius 3 is 2.50 bits per heavy atom. The maximum Gasteiger partial charge on any atom is 0.410 e. The zero-order valence-corrected chi connectivity index (χ0v) is 12.6. The number of halogens is 1. The molecule has 0 radical (unpaired) electrons. The first-order valence-electron chi connectivity index (χ1n) is 6.00. The summed E-state index contributed by atoms with van der Waals surface area (Å²) in [7, 11) is 1.65. The van der Waals surface area contributed by atoms with Crippen molar-refractivity contribution in [2.24, 2.45) is 0 Å². The third kappa shape index (κ3) is 5.44. The first kappa shape index (κ1) is 15.6. The standard InChI is InChI=1S/C11H20ClNO4S/c1-11(2,3)17-10(14)13-7-5-4-6-9(13)8-18(12,15)16/h9H,4-8H2,1-3H3. The number of ether oxygens (including phenoxy) is 1. The van der Waals surface area contributed by atoms with Crippen LogP contribution in [0.25, 0.3) is 0 Å². The molecule has 1 fully saturated rings.